The summed E-state index contributed by atoms with van der Waals surface area (Å²) in [5.74, 6) is 1.91. The monoisotopic (exact) mass is 529 g/mol. The molecule has 0 spiro atoms. The lowest BCUT2D eigenvalue weighted by molar-refractivity contribution is -0.137. The van der Waals surface area contributed by atoms with Gasteiger partial charge in [0.05, 0.1) is 6.10 Å². The van der Waals surface area contributed by atoms with Gasteiger partial charge in [0.2, 0.25) is 0 Å². The summed E-state index contributed by atoms with van der Waals surface area (Å²) in [4.78, 5) is 25.6. The Morgan fingerprint density at radius 3 is 1.89 bits per heavy atom. The van der Waals surface area contributed by atoms with Crippen molar-refractivity contribution in [1.29, 1.82) is 0 Å². The second kappa shape index (κ2) is 14.5. The molecule has 3 rings (SSSR count). The number of unbranched alkanes of at least 4 members (excludes halogenated alkanes) is 4. The zero-order valence-electron chi connectivity index (χ0n) is 24.4. The fraction of sp³-hybridized carbons (Fsp3) is 0.750. The lowest BCUT2D eigenvalue weighted by Gasteiger charge is -2.23. The Morgan fingerprint density at radius 1 is 0.868 bits per heavy atom. The van der Waals surface area contributed by atoms with E-state index < -0.39 is 6.10 Å². The van der Waals surface area contributed by atoms with Gasteiger partial charge in [-0.3, -0.25) is 9.59 Å². The Labute approximate surface area is 230 Å². The van der Waals surface area contributed by atoms with E-state index in [1.807, 2.05) is 20.8 Å². The maximum atomic E-state index is 12.8. The molecule has 0 amide bonds. The summed E-state index contributed by atoms with van der Waals surface area (Å²) in [6, 6.07) is 5.03. The Balaban J connectivity index is 1.60. The van der Waals surface area contributed by atoms with Crippen LogP contribution in [-0.4, -0.2) is 29.1 Å². The van der Waals surface area contributed by atoms with Crippen LogP contribution in [0.1, 0.15) is 123 Å². The van der Waals surface area contributed by atoms with Gasteiger partial charge in [-0.05, 0) is 75.0 Å². The Hall–Kier alpha value is -1.92. The SMILES string of the molecule is CCCCCC1CC1CC(=O)Oc1ccc(C(O)CNC(C)(C)C)cc1OC(=O)CC1CC1CCCCC. The lowest BCUT2D eigenvalue weighted by Crippen LogP contribution is -2.38. The summed E-state index contributed by atoms with van der Waals surface area (Å²) < 4.78 is 11.5. The Kier molecular flexibility index (Phi) is 11.7. The van der Waals surface area contributed by atoms with Crippen LogP contribution in [-0.2, 0) is 9.59 Å². The van der Waals surface area contributed by atoms with Crippen LogP contribution in [0, 0.1) is 23.7 Å². The molecule has 0 bridgehead atoms. The van der Waals surface area contributed by atoms with Crippen molar-refractivity contribution in [3.8, 4) is 11.5 Å². The highest BCUT2D eigenvalue weighted by Crippen LogP contribution is 2.46. The van der Waals surface area contributed by atoms with Gasteiger partial charge in [0.15, 0.2) is 11.5 Å². The molecule has 1 aromatic carbocycles. The lowest BCUT2D eigenvalue weighted by atomic mass is 10.1. The van der Waals surface area contributed by atoms with Gasteiger partial charge in [0.25, 0.3) is 0 Å². The van der Waals surface area contributed by atoms with Gasteiger partial charge >= 0.3 is 11.9 Å². The first-order valence-corrected chi connectivity index (χ1v) is 15.1. The molecule has 0 saturated heterocycles. The van der Waals surface area contributed by atoms with Gasteiger partial charge < -0.3 is 19.9 Å². The molecule has 5 unspecified atom stereocenters. The predicted molar refractivity (Wildman–Crippen MR) is 151 cm³/mol. The highest BCUT2D eigenvalue weighted by Gasteiger charge is 2.39. The fourth-order valence-electron chi connectivity index (χ4n) is 5.31. The molecule has 214 valence electrons. The van der Waals surface area contributed by atoms with Gasteiger partial charge in [-0.25, -0.2) is 0 Å². The molecule has 2 saturated carbocycles. The second-order valence-corrected chi connectivity index (χ2v) is 12.7. The van der Waals surface area contributed by atoms with Crippen LogP contribution in [0.15, 0.2) is 18.2 Å². The summed E-state index contributed by atoms with van der Waals surface area (Å²) in [7, 11) is 0. The number of carbonyl (C=O) groups excluding carboxylic acids is 2. The summed E-state index contributed by atoms with van der Waals surface area (Å²) >= 11 is 0. The number of hydrogen-bond donors (Lipinski definition) is 2. The van der Waals surface area contributed by atoms with Crippen molar-refractivity contribution in [2.24, 2.45) is 23.7 Å². The van der Waals surface area contributed by atoms with E-state index in [0.717, 1.165) is 12.8 Å². The maximum absolute atomic E-state index is 12.8. The summed E-state index contributed by atoms with van der Waals surface area (Å²) in [6.07, 6.45) is 11.9. The van der Waals surface area contributed by atoms with Gasteiger partial charge in [-0.2, -0.15) is 0 Å². The van der Waals surface area contributed by atoms with Crippen LogP contribution in [0.5, 0.6) is 11.5 Å². The third-order valence-corrected chi connectivity index (χ3v) is 7.98. The first-order chi connectivity index (χ1) is 18.1. The van der Waals surface area contributed by atoms with Crippen LogP contribution in [0.2, 0.25) is 0 Å². The Bertz CT molecular complexity index is 908. The highest BCUT2D eigenvalue weighted by molar-refractivity contribution is 5.77. The zero-order valence-corrected chi connectivity index (χ0v) is 24.4. The molecule has 0 heterocycles. The number of aliphatic hydroxyl groups excluding tert-OH is 1. The number of β-amino-alcohol motifs (C(OH)–C–C–N with tert-alkyl or cyclic N) is 1. The number of nitrogens with one attached hydrogen (secondary N) is 1. The smallest absolute Gasteiger partial charge is 0.311 e. The summed E-state index contributed by atoms with van der Waals surface area (Å²) in [6.45, 7) is 10.9. The molecule has 0 radical (unpaired) electrons. The van der Waals surface area contributed by atoms with E-state index in [-0.39, 0.29) is 29.0 Å². The number of aliphatic hydroxyl groups is 1. The van der Waals surface area contributed by atoms with Gasteiger partial charge in [0, 0.05) is 24.9 Å². The summed E-state index contributed by atoms with van der Waals surface area (Å²) in [5, 5.41) is 14.0. The number of carbonyl (C=O) groups is 2. The molecular formula is C32H51NO5. The zero-order chi connectivity index (χ0) is 27.7. The maximum Gasteiger partial charge on any atom is 0.311 e. The van der Waals surface area contributed by atoms with Gasteiger partial charge in [0.1, 0.15) is 0 Å². The second-order valence-electron chi connectivity index (χ2n) is 12.7. The molecule has 5 atom stereocenters. The van der Waals surface area contributed by atoms with Gasteiger partial charge in [-0.15, -0.1) is 0 Å². The average molecular weight is 530 g/mol. The number of ether oxygens (including phenoxy) is 2. The molecule has 38 heavy (non-hydrogen) atoms. The molecule has 2 N–H and O–H groups in total. The van der Waals surface area contributed by atoms with Crippen LogP contribution in [0.25, 0.3) is 0 Å². The minimum atomic E-state index is -0.779. The largest absolute Gasteiger partial charge is 0.423 e. The average Bonchev–Trinajstić information content (AvgIpc) is 3.76. The first-order valence-electron chi connectivity index (χ1n) is 15.1. The normalized spacial score (nSPS) is 23.1. The van der Waals surface area contributed by atoms with Crippen molar-refractivity contribution in [3.05, 3.63) is 23.8 Å². The third kappa shape index (κ3) is 10.7. The topological polar surface area (TPSA) is 84.9 Å². The van der Waals surface area contributed by atoms with Crippen molar-refractivity contribution in [2.45, 2.75) is 123 Å². The number of benzene rings is 1. The molecule has 0 aliphatic heterocycles. The molecule has 2 aliphatic carbocycles. The quantitative estimate of drug-likeness (QED) is 0.127. The molecule has 0 aromatic heterocycles. The Morgan fingerprint density at radius 2 is 1.39 bits per heavy atom. The molecule has 2 aliphatic rings. The van der Waals surface area contributed by atoms with E-state index in [1.54, 1.807) is 18.2 Å². The van der Waals surface area contributed by atoms with Gasteiger partial charge in [-0.1, -0.05) is 71.3 Å². The van der Waals surface area contributed by atoms with Crippen molar-refractivity contribution in [1.82, 2.24) is 5.32 Å². The van der Waals surface area contributed by atoms with E-state index in [1.165, 1.54) is 51.4 Å². The predicted octanol–water partition coefficient (Wildman–Crippen LogP) is 7.13. The minimum absolute atomic E-state index is 0.138. The van der Waals surface area contributed by atoms with E-state index in [4.69, 9.17) is 9.47 Å². The number of hydrogen-bond acceptors (Lipinski definition) is 6. The minimum Gasteiger partial charge on any atom is -0.423 e. The van der Waals surface area contributed by atoms with Crippen molar-refractivity contribution in [3.63, 3.8) is 0 Å². The number of esters is 2. The molecule has 6 nitrogen and oxygen atoms in total. The molecule has 2 fully saturated rings. The summed E-state index contributed by atoms with van der Waals surface area (Å²) in [5.41, 5.74) is 0.479. The third-order valence-electron chi connectivity index (χ3n) is 7.98. The van der Waals surface area contributed by atoms with Crippen molar-refractivity contribution >= 4 is 11.9 Å². The van der Waals surface area contributed by atoms with Crippen molar-refractivity contribution < 1.29 is 24.2 Å². The van der Waals surface area contributed by atoms with E-state index in [9.17, 15) is 14.7 Å². The van der Waals surface area contributed by atoms with E-state index in [0.29, 0.717) is 48.6 Å². The van der Waals surface area contributed by atoms with Crippen molar-refractivity contribution in [2.75, 3.05) is 6.54 Å². The fourth-order valence-corrected chi connectivity index (χ4v) is 5.31. The van der Waals surface area contributed by atoms with Crippen LogP contribution >= 0.6 is 0 Å². The van der Waals surface area contributed by atoms with Crippen LogP contribution in [0.3, 0.4) is 0 Å². The van der Waals surface area contributed by atoms with Crippen LogP contribution < -0.4 is 14.8 Å². The van der Waals surface area contributed by atoms with Crippen LogP contribution in [0.4, 0.5) is 0 Å². The highest BCUT2D eigenvalue weighted by atomic mass is 16.6. The molecular weight excluding hydrogens is 478 g/mol. The standard InChI is InChI=1S/C32H51NO5/c1-6-8-10-12-22-16-25(22)19-30(35)37-28-15-14-24(27(34)21-33-32(3,4)5)18-29(28)38-31(36)20-26-17-23(26)13-11-9-7-2/h14-15,18,22-23,25-27,33-34H,6-13,16-17,19-21H2,1-5H3. The first kappa shape index (κ1) is 30.6. The molecule has 6 heteroatoms. The molecule has 1 aromatic rings. The van der Waals surface area contributed by atoms with E-state index >= 15 is 0 Å². The van der Waals surface area contributed by atoms with E-state index in [2.05, 4.69) is 19.2 Å². The number of rotatable bonds is 17.